The van der Waals surface area contributed by atoms with E-state index in [0.717, 1.165) is 47.3 Å². The molecule has 0 unspecified atom stereocenters. The molecule has 2 aromatic rings. The maximum absolute atomic E-state index is 12.8. The second kappa shape index (κ2) is 8.74. The maximum atomic E-state index is 12.8. The molecule has 4 rings (SSSR count). The molecule has 0 aliphatic carbocycles. The van der Waals surface area contributed by atoms with E-state index < -0.39 is 0 Å². The van der Waals surface area contributed by atoms with E-state index in [4.69, 9.17) is 22.3 Å². The highest BCUT2D eigenvalue weighted by atomic mass is 16.1. The van der Waals surface area contributed by atoms with Gasteiger partial charge in [-0.2, -0.15) is 0 Å². The average Bonchev–Trinajstić information content (AvgIpc) is 2.78. The lowest BCUT2D eigenvalue weighted by molar-refractivity contribution is 0.102. The number of amides is 1. The number of nitrogens with two attached hydrogens (primary N) is 2. The van der Waals surface area contributed by atoms with E-state index >= 15 is 0 Å². The summed E-state index contributed by atoms with van der Waals surface area (Å²) < 4.78 is 0. The summed E-state index contributed by atoms with van der Waals surface area (Å²) in [6, 6.07) is 11.7. The van der Waals surface area contributed by atoms with Gasteiger partial charge in [0.1, 0.15) is 0 Å². The van der Waals surface area contributed by atoms with Crippen molar-refractivity contribution in [1.29, 1.82) is 10.8 Å². The number of rotatable bonds is 3. The van der Waals surface area contributed by atoms with Crippen molar-refractivity contribution in [3.8, 4) is 0 Å². The van der Waals surface area contributed by atoms with Crippen LogP contribution >= 0.6 is 0 Å². The zero-order valence-corrected chi connectivity index (χ0v) is 18.2. The van der Waals surface area contributed by atoms with Gasteiger partial charge >= 0.3 is 0 Å². The first-order valence-electron chi connectivity index (χ1n) is 10.7. The van der Waals surface area contributed by atoms with Gasteiger partial charge in [-0.15, -0.1) is 0 Å². The van der Waals surface area contributed by atoms with Gasteiger partial charge in [-0.1, -0.05) is 18.2 Å². The lowest BCUT2D eigenvalue weighted by atomic mass is 9.95. The number of anilines is 1. The van der Waals surface area contributed by atoms with Crippen LogP contribution in [0.25, 0.3) is 5.57 Å². The standard InChI is InChI=1S/C24H29N7O/c1-15-12-20(4-5-21(15)16-6-9-30(10-7-16)23(25)26)29-22(32)18-2-3-19-14-31(24(27)28)11-8-17(19)13-18/h2-6,12-13H,7-11,14H2,1H3,(H3,25,26)(H3,27,28)(H,29,32). The average molecular weight is 432 g/mol. The van der Waals surface area contributed by atoms with Gasteiger partial charge in [0.15, 0.2) is 11.9 Å². The molecule has 2 aliphatic rings. The Morgan fingerprint density at radius 2 is 1.72 bits per heavy atom. The minimum absolute atomic E-state index is 0.0801. The minimum atomic E-state index is -0.136. The number of nitrogens with one attached hydrogen (secondary N) is 3. The number of benzene rings is 2. The number of carbonyl (C=O) groups excluding carboxylic acids is 1. The van der Waals surface area contributed by atoms with Gasteiger partial charge in [0.05, 0.1) is 0 Å². The van der Waals surface area contributed by atoms with E-state index in [2.05, 4.69) is 11.4 Å². The number of carbonyl (C=O) groups is 1. The molecular weight excluding hydrogens is 402 g/mol. The maximum Gasteiger partial charge on any atom is 0.255 e. The topological polar surface area (TPSA) is 135 Å². The summed E-state index contributed by atoms with van der Waals surface area (Å²) >= 11 is 0. The zero-order chi connectivity index (χ0) is 22.8. The van der Waals surface area contributed by atoms with Gasteiger partial charge in [-0.05, 0) is 71.9 Å². The second-order valence-electron chi connectivity index (χ2n) is 8.33. The highest BCUT2D eigenvalue weighted by molar-refractivity contribution is 6.04. The van der Waals surface area contributed by atoms with Crippen LogP contribution < -0.4 is 16.8 Å². The minimum Gasteiger partial charge on any atom is -0.370 e. The van der Waals surface area contributed by atoms with Crippen molar-refractivity contribution in [2.24, 2.45) is 11.5 Å². The van der Waals surface area contributed by atoms with Crippen LogP contribution in [0.3, 0.4) is 0 Å². The number of guanidine groups is 2. The van der Waals surface area contributed by atoms with Crippen molar-refractivity contribution >= 4 is 29.1 Å². The number of nitrogens with zero attached hydrogens (tertiary/aromatic N) is 2. The van der Waals surface area contributed by atoms with Crippen LogP contribution in [0.5, 0.6) is 0 Å². The molecule has 8 heteroatoms. The molecule has 0 bridgehead atoms. The molecule has 2 aliphatic heterocycles. The molecule has 32 heavy (non-hydrogen) atoms. The van der Waals surface area contributed by atoms with E-state index in [1.54, 1.807) is 0 Å². The molecule has 0 atom stereocenters. The van der Waals surface area contributed by atoms with E-state index in [-0.39, 0.29) is 17.8 Å². The summed E-state index contributed by atoms with van der Waals surface area (Å²) in [6.07, 6.45) is 3.72. The fraction of sp³-hybridized carbons (Fsp3) is 0.292. The van der Waals surface area contributed by atoms with E-state index in [1.807, 2.05) is 53.1 Å². The van der Waals surface area contributed by atoms with Crippen LogP contribution in [0.15, 0.2) is 42.5 Å². The Morgan fingerprint density at radius 3 is 2.38 bits per heavy atom. The first kappa shape index (κ1) is 21.4. The second-order valence-corrected chi connectivity index (χ2v) is 8.33. The first-order valence-corrected chi connectivity index (χ1v) is 10.7. The third kappa shape index (κ3) is 4.44. The molecule has 2 heterocycles. The van der Waals surface area contributed by atoms with E-state index in [1.165, 1.54) is 5.57 Å². The van der Waals surface area contributed by atoms with Crippen molar-refractivity contribution < 1.29 is 4.79 Å². The van der Waals surface area contributed by atoms with Gasteiger partial charge in [0.2, 0.25) is 0 Å². The normalized spacial score (nSPS) is 15.6. The molecule has 0 saturated carbocycles. The molecule has 2 aromatic carbocycles. The smallest absolute Gasteiger partial charge is 0.255 e. The summed E-state index contributed by atoms with van der Waals surface area (Å²) in [5, 5.41) is 18.2. The molecule has 0 radical (unpaired) electrons. The van der Waals surface area contributed by atoms with Gasteiger partial charge < -0.3 is 26.6 Å². The van der Waals surface area contributed by atoms with Crippen molar-refractivity contribution in [2.45, 2.75) is 26.3 Å². The summed E-state index contributed by atoms with van der Waals surface area (Å²) in [7, 11) is 0. The Labute approximate surface area is 187 Å². The summed E-state index contributed by atoms with van der Waals surface area (Å²) in [6.45, 7) is 4.72. The van der Waals surface area contributed by atoms with Crippen LogP contribution in [0, 0.1) is 17.7 Å². The number of fused-ring (bicyclic) bond motifs is 1. The molecule has 8 nitrogen and oxygen atoms in total. The molecule has 7 N–H and O–H groups in total. The van der Waals surface area contributed by atoms with Gasteiger partial charge in [-0.3, -0.25) is 15.6 Å². The highest BCUT2D eigenvalue weighted by Gasteiger charge is 2.19. The van der Waals surface area contributed by atoms with Crippen LogP contribution in [0.1, 0.15) is 39.0 Å². The fourth-order valence-corrected chi connectivity index (χ4v) is 4.34. The molecule has 0 spiro atoms. The van der Waals surface area contributed by atoms with Crippen LogP contribution in [-0.2, 0) is 13.0 Å². The Bertz CT molecular complexity index is 1120. The Hall–Kier alpha value is -3.81. The monoisotopic (exact) mass is 431 g/mol. The summed E-state index contributed by atoms with van der Waals surface area (Å²) in [5.74, 6) is 0.0489. The summed E-state index contributed by atoms with van der Waals surface area (Å²) in [5.41, 5.74) is 18.3. The molecule has 0 aromatic heterocycles. The fourth-order valence-electron chi connectivity index (χ4n) is 4.34. The van der Waals surface area contributed by atoms with Gasteiger partial charge in [0, 0.05) is 37.4 Å². The lowest BCUT2D eigenvalue weighted by Gasteiger charge is -2.29. The Balaban J connectivity index is 1.45. The summed E-state index contributed by atoms with van der Waals surface area (Å²) in [4.78, 5) is 16.5. The zero-order valence-electron chi connectivity index (χ0n) is 18.2. The first-order chi connectivity index (χ1) is 15.3. The molecular formula is C24H29N7O. The molecule has 0 saturated heterocycles. The van der Waals surface area contributed by atoms with Gasteiger partial charge in [0.25, 0.3) is 5.91 Å². The van der Waals surface area contributed by atoms with Crippen molar-refractivity contribution in [3.63, 3.8) is 0 Å². The SMILES string of the molecule is Cc1cc(NC(=O)c2ccc3c(c2)CCN(C(=N)N)C3)ccc1C1=CCN(C(=N)N)CC1. The van der Waals surface area contributed by atoms with E-state index in [0.29, 0.717) is 25.2 Å². The third-order valence-electron chi connectivity index (χ3n) is 6.20. The van der Waals surface area contributed by atoms with Crippen LogP contribution in [0.4, 0.5) is 5.69 Å². The predicted molar refractivity (Wildman–Crippen MR) is 128 cm³/mol. The largest absolute Gasteiger partial charge is 0.370 e. The number of hydrogen-bond donors (Lipinski definition) is 5. The lowest BCUT2D eigenvalue weighted by Crippen LogP contribution is -2.40. The Kier molecular flexibility index (Phi) is 5.85. The van der Waals surface area contributed by atoms with Crippen LogP contribution in [-0.4, -0.2) is 47.3 Å². The Morgan fingerprint density at radius 1 is 0.969 bits per heavy atom. The van der Waals surface area contributed by atoms with Crippen molar-refractivity contribution in [3.05, 3.63) is 70.3 Å². The van der Waals surface area contributed by atoms with Gasteiger partial charge in [-0.25, -0.2) is 0 Å². The quantitative estimate of drug-likeness (QED) is 0.376. The molecule has 166 valence electrons. The molecule has 0 fully saturated rings. The third-order valence-corrected chi connectivity index (χ3v) is 6.20. The van der Waals surface area contributed by atoms with E-state index in [9.17, 15) is 4.79 Å². The van der Waals surface area contributed by atoms with Crippen molar-refractivity contribution in [1.82, 2.24) is 9.80 Å². The van der Waals surface area contributed by atoms with Crippen molar-refractivity contribution in [2.75, 3.05) is 25.0 Å². The molecule has 1 amide bonds. The predicted octanol–water partition coefficient (Wildman–Crippen LogP) is 2.48. The van der Waals surface area contributed by atoms with Crippen LogP contribution in [0.2, 0.25) is 0 Å². The number of hydrogen-bond acceptors (Lipinski definition) is 3. The number of aryl methyl sites for hydroxylation is 1. The highest BCUT2D eigenvalue weighted by Crippen LogP contribution is 2.27.